The fraction of sp³-hybridized carbons (Fsp3) is 0.316. The van der Waals surface area contributed by atoms with Crippen LogP contribution in [0.1, 0.15) is 19.8 Å². The fourth-order valence-electron chi connectivity index (χ4n) is 2.75. The molecule has 0 aromatic heterocycles. The van der Waals surface area contributed by atoms with E-state index in [4.69, 9.17) is 4.74 Å². The highest BCUT2D eigenvalue weighted by atomic mass is 19.1. The lowest BCUT2D eigenvalue weighted by molar-refractivity contribution is -0.122. The number of rotatable bonds is 5. The van der Waals surface area contributed by atoms with Crippen LogP contribution in [0.2, 0.25) is 0 Å². The maximum Gasteiger partial charge on any atom is 0.265 e. The predicted octanol–water partition coefficient (Wildman–Crippen LogP) is 3.83. The van der Waals surface area contributed by atoms with E-state index in [1.54, 1.807) is 6.92 Å². The van der Waals surface area contributed by atoms with Gasteiger partial charge in [0.05, 0.1) is 0 Å². The van der Waals surface area contributed by atoms with Gasteiger partial charge in [-0.25, -0.2) is 4.39 Å². The van der Waals surface area contributed by atoms with E-state index in [0.29, 0.717) is 5.75 Å². The summed E-state index contributed by atoms with van der Waals surface area (Å²) in [6.07, 6.45) is 1.79. The summed E-state index contributed by atoms with van der Waals surface area (Å²) in [4.78, 5) is 14.5. The average molecular weight is 328 g/mol. The van der Waals surface area contributed by atoms with Gasteiger partial charge in [0.2, 0.25) is 0 Å². The number of benzene rings is 2. The van der Waals surface area contributed by atoms with Crippen molar-refractivity contribution in [1.82, 2.24) is 0 Å². The number of carbonyl (C=O) groups excluding carboxylic acids is 1. The Morgan fingerprint density at radius 1 is 1.08 bits per heavy atom. The minimum Gasteiger partial charge on any atom is -0.481 e. The number of carbonyl (C=O) groups is 1. The molecule has 0 unspecified atom stereocenters. The molecule has 1 aliphatic heterocycles. The van der Waals surface area contributed by atoms with E-state index in [1.165, 1.54) is 42.8 Å². The zero-order valence-corrected chi connectivity index (χ0v) is 13.7. The molecule has 0 aliphatic carbocycles. The maximum absolute atomic E-state index is 12.9. The van der Waals surface area contributed by atoms with Crippen molar-refractivity contribution in [3.05, 3.63) is 54.3 Å². The summed E-state index contributed by atoms with van der Waals surface area (Å²) in [7, 11) is 0. The molecule has 0 bridgehead atoms. The molecule has 1 heterocycles. The number of anilines is 2. The van der Waals surface area contributed by atoms with Crippen molar-refractivity contribution in [1.29, 1.82) is 0 Å². The van der Waals surface area contributed by atoms with Crippen LogP contribution >= 0.6 is 0 Å². The fourth-order valence-corrected chi connectivity index (χ4v) is 2.75. The Hall–Kier alpha value is -2.56. The molecule has 0 radical (unpaired) electrons. The number of nitrogens with zero attached hydrogens (tertiary/aromatic N) is 1. The SMILES string of the molecule is C[C@@H](Oc1ccc(F)cc1)C(=O)Nc1ccc(N2CCCC2)cc1. The van der Waals surface area contributed by atoms with E-state index in [2.05, 4.69) is 10.2 Å². The topological polar surface area (TPSA) is 41.6 Å². The van der Waals surface area contributed by atoms with E-state index in [1.807, 2.05) is 24.3 Å². The molecule has 1 saturated heterocycles. The highest BCUT2D eigenvalue weighted by Gasteiger charge is 2.16. The van der Waals surface area contributed by atoms with Crippen LogP contribution in [-0.4, -0.2) is 25.1 Å². The Labute approximate surface area is 141 Å². The molecule has 4 nitrogen and oxygen atoms in total. The van der Waals surface area contributed by atoms with Gasteiger partial charge in [-0.15, -0.1) is 0 Å². The van der Waals surface area contributed by atoms with E-state index >= 15 is 0 Å². The molecule has 0 spiro atoms. The Bertz CT molecular complexity index is 680. The minimum absolute atomic E-state index is 0.242. The van der Waals surface area contributed by atoms with Crippen LogP contribution in [0.4, 0.5) is 15.8 Å². The first kappa shape index (κ1) is 16.3. The number of hydrogen-bond acceptors (Lipinski definition) is 3. The first-order valence-corrected chi connectivity index (χ1v) is 8.20. The molecule has 1 amide bonds. The maximum atomic E-state index is 12.9. The lowest BCUT2D eigenvalue weighted by Crippen LogP contribution is -2.30. The quantitative estimate of drug-likeness (QED) is 0.907. The summed E-state index contributed by atoms with van der Waals surface area (Å²) in [6.45, 7) is 3.85. The highest BCUT2D eigenvalue weighted by Crippen LogP contribution is 2.22. The zero-order chi connectivity index (χ0) is 16.9. The van der Waals surface area contributed by atoms with Crippen molar-refractivity contribution in [3.8, 4) is 5.75 Å². The van der Waals surface area contributed by atoms with Gasteiger partial charge in [0.15, 0.2) is 6.10 Å². The number of nitrogens with one attached hydrogen (secondary N) is 1. The second-order valence-electron chi connectivity index (χ2n) is 5.94. The van der Waals surface area contributed by atoms with Crippen molar-refractivity contribution in [2.24, 2.45) is 0 Å². The number of hydrogen-bond donors (Lipinski definition) is 1. The normalized spacial score (nSPS) is 15.2. The molecule has 5 heteroatoms. The van der Waals surface area contributed by atoms with E-state index < -0.39 is 6.10 Å². The largest absolute Gasteiger partial charge is 0.481 e. The van der Waals surface area contributed by atoms with Crippen molar-refractivity contribution in [3.63, 3.8) is 0 Å². The molecular weight excluding hydrogens is 307 g/mol. The Morgan fingerprint density at radius 2 is 1.71 bits per heavy atom. The van der Waals surface area contributed by atoms with Crippen LogP contribution < -0.4 is 15.0 Å². The molecule has 1 N–H and O–H groups in total. The summed E-state index contributed by atoms with van der Waals surface area (Å²) < 4.78 is 18.4. The van der Waals surface area contributed by atoms with Crippen LogP contribution in [0.5, 0.6) is 5.75 Å². The molecule has 24 heavy (non-hydrogen) atoms. The molecule has 3 rings (SSSR count). The first-order chi connectivity index (χ1) is 11.6. The monoisotopic (exact) mass is 328 g/mol. The Balaban J connectivity index is 1.56. The van der Waals surface area contributed by atoms with Crippen molar-refractivity contribution in [2.45, 2.75) is 25.9 Å². The molecule has 2 aromatic rings. The van der Waals surface area contributed by atoms with Crippen LogP contribution in [0.3, 0.4) is 0 Å². The van der Waals surface area contributed by atoms with Crippen molar-refractivity contribution in [2.75, 3.05) is 23.3 Å². The Morgan fingerprint density at radius 3 is 2.33 bits per heavy atom. The summed E-state index contributed by atoms with van der Waals surface area (Å²) in [5.74, 6) is -0.116. The zero-order valence-electron chi connectivity index (χ0n) is 13.7. The third kappa shape index (κ3) is 4.04. The summed E-state index contributed by atoms with van der Waals surface area (Å²) >= 11 is 0. The lowest BCUT2D eigenvalue weighted by Gasteiger charge is -2.18. The van der Waals surface area contributed by atoms with Gasteiger partial charge in [-0.1, -0.05) is 0 Å². The predicted molar refractivity (Wildman–Crippen MR) is 93.0 cm³/mol. The van der Waals surface area contributed by atoms with Crippen LogP contribution in [-0.2, 0) is 4.79 Å². The highest BCUT2D eigenvalue weighted by molar-refractivity contribution is 5.94. The third-order valence-corrected chi connectivity index (χ3v) is 4.10. The summed E-state index contributed by atoms with van der Waals surface area (Å²) in [5.41, 5.74) is 1.92. The van der Waals surface area contributed by atoms with Gasteiger partial charge in [-0.2, -0.15) is 0 Å². The number of amides is 1. The smallest absolute Gasteiger partial charge is 0.265 e. The lowest BCUT2D eigenvalue weighted by atomic mass is 10.2. The van der Waals surface area contributed by atoms with Crippen LogP contribution in [0, 0.1) is 5.82 Å². The van der Waals surface area contributed by atoms with Crippen LogP contribution in [0.15, 0.2) is 48.5 Å². The standard InChI is InChI=1S/C19H21FN2O2/c1-14(24-18-10-4-15(20)5-11-18)19(23)21-16-6-8-17(9-7-16)22-12-2-3-13-22/h4-11,14H,2-3,12-13H2,1H3,(H,21,23)/t14-/m1/s1. The van der Waals surface area contributed by atoms with E-state index in [-0.39, 0.29) is 11.7 Å². The molecule has 1 fully saturated rings. The van der Waals surface area contributed by atoms with Gasteiger partial charge in [-0.05, 0) is 68.3 Å². The van der Waals surface area contributed by atoms with Gasteiger partial charge >= 0.3 is 0 Å². The molecular formula is C19H21FN2O2. The van der Waals surface area contributed by atoms with E-state index in [9.17, 15) is 9.18 Å². The van der Waals surface area contributed by atoms with Crippen LogP contribution in [0.25, 0.3) is 0 Å². The van der Waals surface area contributed by atoms with E-state index in [0.717, 1.165) is 18.8 Å². The van der Waals surface area contributed by atoms with Crippen molar-refractivity contribution < 1.29 is 13.9 Å². The molecule has 0 saturated carbocycles. The van der Waals surface area contributed by atoms with Gasteiger partial charge in [0, 0.05) is 24.5 Å². The van der Waals surface area contributed by atoms with Gasteiger partial charge in [0.1, 0.15) is 11.6 Å². The van der Waals surface area contributed by atoms with Crippen molar-refractivity contribution >= 4 is 17.3 Å². The van der Waals surface area contributed by atoms with Gasteiger partial charge < -0.3 is 15.0 Å². The molecule has 1 aliphatic rings. The second kappa shape index (κ2) is 7.34. The second-order valence-corrected chi connectivity index (χ2v) is 5.94. The summed E-state index contributed by atoms with van der Waals surface area (Å²) in [5, 5.41) is 2.83. The molecule has 1 atom stereocenters. The average Bonchev–Trinajstić information content (AvgIpc) is 3.12. The summed E-state index contributed by atoms with van der Waals surface area (Å²) in [6, 6.07) is 13.5. The first-order valence-electron chi connectivity index (χ1n) is 8.20. The number of ether oxygens (including phenoxy) is 1. The minimum atomic E-state index is -0.672. The molecule has 126 valence electrons. The third-order valence-electron chi connectivity index (χ3n) is 4.10. The van der Waals surface area contributed by atoms with Gasteiger partial charge in [0.25, 0.3) is 5.91 Å². The Kier molecular flexibility index (Phi) is 4.99. The molecule has 2 aromatic carbocycles. The van der Waals surface area contributed by atoms with Gasteiger partial charge in [-0.3, -0.25) is 4.79 Å². The number of halogens is 1.